The number of hydrogen-bond acceptors (Lipinski definition) is 3. The number of allylic oxidation sites excluding steroid dienone is 1. The maximum atomic E-state index is 12.8. The normalized spacial score (nSPS) is 14.7. The number of aromatic nitrogens is 2. The Hall–Kier alpha value is -3.24. The number of rotatable bonds is 3. The molecule has 27 heavy (non-hydrogen) atoms. The van der Waals surface area contributed by atoms with Crippen LogP contribution in [0.4, 0.5) is 0 Å². The van der Waals surface area contributed by atoms with E-state index < -0.39 is 0 Å². The number of carbonyl (C=O) groups excluding carboxylic acids is 1. The van der Waals surface area contributed by atoms with Crippen molar-refractivity contribution in [3.8, 4) is 16.3 Å². The Morgan fingerprint density at radius 1 is 0.963 bits per heavy atom. The molecule has 2 heterocycles. The van der Waals surface area contributed by atoms with Gasteiger partial charge in [-0.25, -0.2) is 4.68 Å². The van der Waals surface area contributed by atoms with Gasteiger partial charge in [0, 0.05) is 29.3 Å². The first-order valence-corrected chi connectivity index (χ1v) is 9.70. The minimum absolute atomic E-state index is 0.121. The van der Waals surface area contributed by atoms with E-state index in [4.69, 9.17) is 5.10 Å². The Morgan fingerprint density at radius 2 is 1.78 bits per heavy atom. The van der Waals surface area contributed by atoms with E-state index in [0.717, 1.165) is 38.5 Å². The fraction of sp³-hybridized carbons (Fsp3) is 0.0435. The fourth-order valence-electron chi connectivity index (χ4n) is 3.47. The van der Waals surface area contributed by atoms with Crippen LogP contribution in [0.25, 0.3) is 22.3 Å². The van der Waals surface area contributed by atoms with E-state index in [2.05, 4.69) is 6.07 Å². The number of thiophene rings is 1. The molecule has 0 bridgehead atoms. The van der Waals surface area contributed by atoms with Crippen LogP contribution in [0, 0.1) is 0 Å². The summed E-state index contributed by atoms with van der Waals surface area (Å²) in [5.41, 5.74) is 5.61. The van der Waals surface area contributed by atoms with E-state index in [1.54, 1.807) is 11.3 Å². The van der Waals surface area contributed by atoms with Gasteiger partial charge in [0.05, 0.1) is 10.6 Å². The number of fused-ring (bicyclic) bond motifs is 1. The molecule has 3 nitrogen and oxygen atoms in total. The second-order valence-corrected chi connectivity index (χ2v) is 7.47. The largest absolute Gasteiger partial charge is 0.289 e. The highest BCUT2D eigenvalue weighted by molar-refractivity contribution is 7.13. The molecule has 0 N–H and O–H groups in total. The van der Waals surface area contributed by atoms with Gasteiger partial charge in [0.2, 0.25) is 0 Å². The lowest BCUT2D eigenvalue weighted by molar-refractivity contribution is 0.104. The first kappa shape index (κ1) is 16.0. The van der Waals surface area contributed by atoms with Crippen molar-refractivity contribution < 1.29 is 4.79 Å². The first-order valence-electron chi connectivity index (χ1n) is 8.82. The van der Waals surface area contributed by atoms with Crippen LogP contribution in [-0.2, 0) is 6.42 Å². The quantitative estimate of drug-likeness (QED) is 0.452. The molecular formula is C23H16N2OS. The van der Waals surface area contributed by atoms with Gasteiger partial charge in [-0.1, -0.05) is 48.5 Å². The van der Waals surface area contributed by atoms with Crippen molar-refractivity contribution in [3.63, 3.8) is 0 Å². The summed E-state index contributed by atoms with van der Waals surface area (Å²) >= 11 is 1.65. The van der Waals surface area contributed by atoms with Gasteiger partial charge in [0.15, 0.2) is 5.78 Å². The van der Waals surface area contributed by atoms with Crippen LogP contribution in [-0.4, -0.2) is 15.6 Å². The van der Waals surface area contributed by atoms with Crippen LogP contribution in [0.5, 0.6) is 0 Å². The van der Waals surface area contributed by atoms with Crippen molar-refractivity contribution in [3.05, 3.63) is 101 Å². The third-order valence-corrected chi connectivity index (χ3v) is 5.66. The smallest absolute Gasteiger partial charge is 0.189 e. The van der Waals surface area contributed by atoms with Gasteiger partial charge in [-0.05, 0) is 35.2 Å². The highest BCUT2D eigenvalue weighted by atomic mass is 32.1. The van der Waals surface area contributed by atoms with E-state index in [1.807, 2.05) is 83.0 Å². The summed E-state index contributed by atoms with van der Waals surface area (Å²) in [6, 6.07) is 22.0. The Bertz CT molecular complexity index is 1150. The van der Waals surface area contributed by atoms with Gasteiger partial charge < -0.3 is 0 Å². The van der Waals surface area contributed by atoms with Crippen LogP contribution in [0.15, 0.2) is 83.9 Å². The number of carbonyl (C=O) groups is 1. The minimum atomic E-state index is 0.121. The Labute approximate surface area is 161 Å². The van der Waals surface area contributed by atoms with Crippen molar-refractivity contribution in [2.75, 3.05) is 0 Å². The zero-order valence-corrected chi connectivity index (χ0v) is 15.3. The summed E-state index contributed by atoms with van der Waals surface area (Å²) in [5, 5.41) is 6.86. The van der Waals surface area contributed by atoms with Gasteiger partial charge in [0.1, 0.15) is 5.69 Å². The van der Waals surface area contributed by atoms with Crippen molar-refractivity contribution in [2.24, 2.45) is 0 Å². The summed E-state index contributed by atoms with van der Waals surface area (Å²) in [5.74, 6) is 0.121. The summed E-state index contributed by atoms with van der Waals surface area (Å²) < 4.78 is 1.88. The van der Waals surface area contributed by atoms with Crippen LogP contribution in [0.3, 0.4) is 0 Å². The summed E-state index contributed by atoms with van der Waals surface area (Å²) in [6.45, 7) is 0. The van der Waals surface area contributed by atoms with Crippen molar-refractivity contribution in [1.82, 2.24) is 9.78 Å². The molecule has 0 saturated carbocycles. The number of Topliss-reactive ketones (excluding diaryl/α,β-unsaturated/α-hetero) is 1. The highest BCUT2D eigenvalue weighted by Crippen LogP contribution is 2.32. The maximum absolute atomic E-state index is 12.8. The minimum Gasteiger partial charge on any atom is -0.289 e. The Kier molecular flexibility index (Phi) is 3.84. The van der Waals surface area contributed by atoms with Crippen molar-refractivity contribution in [2.45, 2.75) is 6.42 Å². The third kappa shape index (κ3) is 2.84. The molecule has 5 rings (SSSR count). The molecule has 130 valence electrons. The van der Waals surface area contributed by atoms with E-state index in [1.165, 1.54) is 0 Å². The van der Waals surface area contributed by atoms with Crippen LogP contribution < -0.4 is 0 Å². The second-order valence-electron chi connectivity index (χ2n) is 6.52. The van der Waals surface area contributed by atoms with Crippen molar-refractivity contribution in [1.29, 1.82) is 0 Å². The van der Waals surface area contributed by atoms with Gasteiger partial charge in [-0.3, -0.25) is 4.79 Å². The van der Waals surface area contributed by atoms with Gasteiger partial charge >= 0.3 is 0 Å². The van der Waals surface area contributed by atoms with Gasteiger partial charge in [-0.2, -0.15) is 5.10 Å². The molecule has 2 aromatic carbocycles. The topological polar surface area (TPSA) is 34.9 Å². The van der Waals surface area contributed by atoms with Gasteiger partial charge in [0.25, 0.3) is 0 Å². The average Bonchev–Trinajstić information content (AvgIpc) is 3.43. The molecule has 0 aliphatic heterocycles. The molecule has 4 aromatic rings. The number of para-hydroxylation sites is 1. The molecule has 0 fully saturated rings. The molecule has 4 heteroatoms. The Balaban J connectivity index is 1.62. The fourth-order valence-corrected chi connectivity index (χ4v) is 4.20. The summed E-state index contributed by atoms with van der Waals surface area (Å²) in [6.07, 6.45) is 4.69. The number of ketones is 1. The molecule has 0 radical (unpaired) electrons. The number of benzene rings is 2. The molecule has 1 aliphatic carbocycles. The SMILES string of the molecule is O=C1/C(=C/c2cn(-c3ccccc3)nc2-c2cccs2)Cc2ccccc21. The molecule has 0 atom stereocenters. The van der Waals surface area contributed by atoms with E-state index >= 15 is 0 Å². The predicted molar refractivity (Wildman–Crippen MR) is 109 cm³/mol. The molecule has 0 spiro atoms. The lowest BCUT2D eigenvalue weighted by atomic mass is 10.1. The third-order valence-electron chi connectivity index (χ3n) is 4.78. The van der Waals surface area contributed by atoms with Crippen LogP contribution >= 0.6 is 11.3 Å². The number of hydrogen-bond donors (Lipinski definition) is 0. The standard InChI is InChI=1S/C23H16N2OS/c26-23-17(13-16-7-4-5-10-20(16)23)14-18-15-25(19-8-2-1-3-9-19)24-22(18)21-11-6-12-27-21/h1-12,14-15H,13H2/b17-14+. The Morgan fingerprint density at radius 3 is 2.56 bits per heavy atom. The van der Waals surface area contributed by atoms with Gasteiger partial charge in [-0.15, -0.1) is 11.3 Å². The average molecular weight is 368 g/mol. The summed E-state index contributed by atoms with van der Waals surface area (Å²) in [7, 11) is 0. The molecular weight excluding hydrogens is 352 g/mol. The van der Waals surface area contributed by atoms with Crippen LogP contribution in [0.2, 0.25) is 0 Å². The van der Waals surface area contributed by atoms with Crippen LogP contribution in [0.1, 0.15) is 21.5 Å². The lowest BCUT2D eigenvalue weighted by Crippen LogP contribution is -1.95. The molecule has 0 amide bonds. The zero-order chi connectivity index (χ0) is 18.2. The lowest BCUT2D eigenvalue weighted by Gasteiger charge is -1.99. The van der Waals surface area contributed by atoms with E-state index in [-0.39, 0.29) is 5.78 Å². The molecule has 2 aromatic heterocycles. The maximum Gasteiger partial charge on any atom is 0.189 e. The molecule has 0 saturated heterocycles. The molecule has 0 unspecified atom stereocenters. The van der Waals surface area contributed by atoms with E-state index in [9.17, 15) is 4.79 Å². The predicted octanol–water partition coefficient (Wildman–Crippen LogP) is 5.42. The molecule has 1 aliphatic rings. The highest BCUT2D eigenvalue weighted by Gasteiger charge is 2.25. The zero-order valence-electron chi connectivity index (χ0n) is 14.5. The summed E-state index contributed by atoms with van der Waals surface area (Å²) in [4.78, 5) is 13.9. The number of nitrogens with zero attached hydrogens (tertiary/aromatic N) is 2. The first-order chi connectivity index (χ1) is 13.3. The monoisotopic (exact) mass is 368 g/mol. The van der Waals surface area contributed by atoms with Crippen molar-refractivity contribution >= 4 is 23.2 Å². The second kappa shape index (κ2) is 6.49. The van der Waals surface area contributed by atoms with E-state index in [0.29, 0.717) is 6.42 Å².